The fraction of sp³-hybridized carbons (Fsp3) is 0.400. The third-order valence-corrected chi connectivity index (χ3v) is 2.66. The third-order valence-electron chi connectivity index (χ3n) is 2.66. The highest BCUT2D eigenvalue weighted by atomic mass is 14.0. The van der Waals surface area contributed by atoms with Crippen LogP contribution in [0.5, 0.6) is 0 Å². The first-order valence-corrected chi connectivity index (χ1v) is 8.43. The molecule has 0 bridgehead atoms. The second-order valence-corrected chi connectivity index (χ2v) is 4.15. The SMILES string of the molecule is CB(C)c1cccc(-c2ccccc2)c1.CC.CC.CC. The molecule has 0 unspecified atom stereocenters. The Morgan fingerprint density at radius 3 is 1.52 bits per heavy atom. The fourth-order valence-corrected chi connectivity index (χ4v) is 1.71. The quantitative estimate of drug-likeness (QED) is 0.560. The van der Waals surface area contributed by atoms with Crippen molar-refractivity contribution in [1.29, 1.82) is 0 Å². The fourth-order valence-electron chi connectivity index (χ4n) is 1.71. The van der Waals surface area contributed by atoms with Crippen LogP contribution in [0.2, 0.25) is 13.6 Å². The van der Waals surface area contributed by atoms with Gasteiger partial charge in [-0.3, -0.25) is 0 Å². The minimum atomic E-state index is 0.591. The maximum Gasteiger partial charge on any atom is 0.169 e. The summed E-state index contributed by atoms with van der Waals surface area (Å²) in [5.41, 5.74) is 4.00. The van der Waals surface area contributed by atoms with Crippen molar-refractivity contribution in [2.75, 3.05) is 0 Å². The van der Waals surface area contributed by atoms with Crippen molar-refractivity contribution in [3.05, 3.63) is 54.6 Å². The lowest BCUT2D eigenvalue weighted by Gasteiger charge is -2.06. The van der Waals surface area contributed by atoms with Gasteiger partial charge in [0, 0.05) is 0 Å². The molecule has 0 aliphatic rings. The smallest absolute Gasteiger partial charge is 0.0819 e. The molecule has 0 amide bonds. The van der Waals surface area contributed by atoms with Crippen LogP contribution in [0.4, 0.5) is 0 Å². The Hall–Kier alpha value is -1.50. The molecule has 2 aromatic carbocycles. The summed E-state index contributed by atoms with van der Waals surface area (Å²) >= 11 is 0. The lowest BCUT2D eigenvalue weighted by Crippen LogP contribution is -2.21. The molecule has 0 N–H and O–H groups in total. The molecule has 1 heteroatoms. The Labute approximate surface area is 133 Å². The zero-order valence-electron chi connectivity index (χ0n) is 15.3. The number of hydrogen-bond acceptors (Lipinski definition) is 0. The summed E-state index contributed by atoms with van der Waals surface area (Å²) < 4.78 is 0. The summed E-state index contributed by atoms with van der Waals surface area (Å²) in [6.45, 7) is 17.0. The van der Waals surface area contributed by atoms with Crippen molar-refractivity contribution in [3.63, 3.8) is 0 Å². The van der Waals surface area contributed by atoms with Gasteiger partial charge in [0.05, 0.1) is 0 Å². The molecule has 2 rings (SSSR count). The van der Waals surface area contributed by atoms with E-state index in [0.717, 1.165) is 0 Å². The van der Waals surface area contributed by atoms with Crippen molar-refractivity contribution in [1.82, 2.24) is 0 Å². The normalized spacial score (nSPS) is 8.00. The van der Waals surface area contributed by atoms with Crippen LogP contribution in [-0.2, 0) is 0 Å². The second-order valence-electron chi connectivity index (χ2n) is 4.15. The van der Waals surface area contributed by atoms with E-state index in [1.807, 2.05) is 41.5 Å². The van der Waals surface area contributed by atoms with Crippen LogP contribution in [0.15, 0.2) is 54.6 Å². The number of benzene rings is 2. The van der Waals surface area contributed by atoms with Gasteiger partial charge >= 0.3 is 0 Å². The van der Waals surface area contributed by atoms with E-state index in [1.54, 1.807) is 0 Å². The van der Waals surface area contributed by atoms with Crippen LogP contribution < -0.4 is 5.46 Å². The summed E-state index contributed by atoms with van der Waals surface area (Å²) in [4.78, 5) is 0. The van der Waals surface area contributed by atoms with Gasteiger partial charge in [-0.1, -0.05) is 115 Å². The molecule has 0 heterocycles. The van der Waals surface area contributed by atoms with Gasteiger partial charge in [-0.25, -0.2) is 0 Å². The molecule has 0 atom stereocenters. The lowest BCUT2D eigenvalue weighted by molar-refractivity contribution is 1.50. The van der Waals surface area contributed by atoms with E-state index in [-0.39, 0.29) is 0 Å². The molecule has 2 aromatic rings. The van der Waals surface area contributed by atoms with Crippen LogP contribution in [0, 0.1) is 0 Å². The third kappa shape index (κ3) is 8.39. The summed E-state index contributed by atoms with van der Waals surface area (Å²) in [5.74, 6) is 0. The minimum absolute atomic E-state index is 0.591. The highest BCUT2D eigenvalue weighted by Gasteiger charge is 2.03. The van der Waals surface area contributed by atoms with Gasteiger partial charge in [0.15, 0.2) is 6.71 Å². The van der Waals surface area contributed by atoms with Crippen LogP contribution in [-0.4, -0.2) is 6.71 Å². The zero-order valence-corrected chi connectivity index (χ0v) is 15.3. The maximum absolute atomic E-state index is 2.28. The molecule has 0 saturated carbocycles. The largest absolute Gasteiger partial charge is 0.169 e. The Bertz CT molecular complexity index is 433. The second kappa shape index (κ2) is 14.9. The standard InChI is InChI=1S/C14H15B.3C2H6/c1-15(2)14-10-6-9-13(11-14)12-7-4-3-5-8-12;3*1-2/h3-11H,1-2H3;3*1-2H3. The van der Waals surface area contributed by atoms with Gasteiger partial charge in [0.1, 0.15) is 0 Å². The maximum atomic E-state index is 2.28. The van der Waals surface area contributed by atoms with Crippen molar-refractivity contribution in [3.8, 4) is 11.1 Å². The number of hydrogen-bond donors (Lipinski definition) is 0. The minimum Gasteiger partial charge on any atom is -0.0819 e. The van der Waals surface area contributed by atoms with Gasteiger partial charge in [0.2, 0.25) is 0 Å². The van der Waals surface area contributed by atoms with E-state index < -0.39 is 0 Å². The molecular formula is C20H33B. The Morgan fingerprint density at radius 2 is 1.05 bits per heavy atom. The van der Waals surface area contributed by atoms with Crippen LogP contribution in [0.3, 0.4) is 0 Å². The van der Waals surface area contributed by atoms with Gasteiger partial charge in [-0.2, -0.15) is 0 Å². The Kier molecular flexibility index (Phi) is 15.5. The molecule has 0 spiro atoms. The molecule has 116 valence electrons. The number of rotatable bonds is 2. The molecule has 21 heavy (non-hydrogen) atoms. The Morgan fingerprint density at radius 1 is 0.571 bits per heavy atom. The van der Waals surface area contributed by atoms with Gasteiger partial charge in [-0.05, 0) is 11.1 Å². The molecule has 0 nitrogen and oxygen atoms in total. The van der Waals surface area contributed by atoms with Crippen LogP contribution in [0.1, 0.15) is 41.5 Å². The van der Waals surface area contributed by atoms with Crippen molar-refractivity contribution in [2.24, 2.45) is 0 Å². The zero-order chi connectivity index (χ0) is 16.7. The first-order valence-electron chi connectivity index (χ1n) is 8.43. The summed E-state index contributed by atoms with van der Waals surface area (Å²) in [7, 11) is 0. The average molecular weight is 284 g/mol. The molecule has 0 aromatic heterocycles. The van der Waals surface area contributed by atoms with Crippen molar-refractivity contribution < 1.29 is 0 Å². The van der Waals surface area contributed by atoms with Gasteiger partial charge in [0.25, 0.3) is 0 Å². The van der Waals surface area contributed by atoms with Gasteiger partial charge < -0.3 is 0 Å². The van der Waals surface area contributed by atoms with E-state index in [9.17, 15) is 0 Å². The highest BCUT2D eigenvalue weighted by molar-refractivity contribution is 6.70. The van der Waals surface area contributed by atoms with E-state index in [4.69, 9.17) is 0 Å². The molecule has 0 aliphatic carbocycles. The van der Waals surface area contributed by atoms with Gasteiger partial charge in [-0.15, -0.1) is 0 Å². The van der Waals surface area contributed by atoms with E-state index in [1.165, 1.54) is 16.6 Å². The molecule has 0 fully saturated rings. The average Bonchev–Trinajstić information content (AvgIpc) is 2.61. The van der Waals surface area contributed by atoms with E-state index in [2.05, 4.69) is 68.2 Å². The first-order chi connectivity index (χ1) is 10.3. The van der Waals surface area contributed by atoms with E-state index >= 15 is 0 Å². The van der Waals surface area contributed by atoms with E-state index in [0.29, 0.717) is 6.71 Å². The van der Waals surface area contributed by atoms with Crippen molar-refractivity contribution in [2.45, 2.75) is 55.2 Å². The summed E-state index contributed by atoms with van der Waals surface area (Å²) in [6, 6.07) is 19.3. The van der Waals surface area contributed by atoms with Crippen LogP contribution in [0.25, 0.3) is 11.1 Å². The monoisotopic (exact) mass is 284 g/mol. The predicted octanol–water partition coefficient (Wildman–Crippen LogP) is 6.39. The first kappa shape index (κ1) is 21.8. The molecular weight excluding hydrogens is 251 g/mol. The predicted molar refractivity (Wildman–Crippen MR) is 103 cm³/mol. The highest BCUT2D eigenvalue weighted by Crippen LogP contribution is 2.17. The molecule has 0 saturated heterocycles. The molecule has 0 aliphatic heterocycles. The van der Waals surface area contributed by atoms with Crippen molar-refractivity contribution >= 4 is 12.2 Å². The summed E-state index contributed by atoms with van der Waals surface area (Å²) in [6.07, 6.45) is 0. The molecule has 0 radical (unpaired) electrons. The lowest BCUT2D eigenvalue weighted by atomic mass is 9.49. The van der Waals surface area contributed by atoms with Crippen LogP contribution >= 0.6 is 0 Å². The Balaban J connectivity index is 0. The topological polar surface area (TPSA) is 0 Å². The summed E-state index contributed by atoms with van der Waals surface area (Å²) in [5, 5.41) is 0.